The number of nitrogens with zero attached hydrogens (tertiary/aromatic N) is 4. The molecule has 3 aromatic heterocycles. The summed E-state index contributed by atoms with van der Waals surface area (Å²) >= 11 is 12.5. The molecule has 2 fully saturated rings. The largest absolute Gasteiger partial charge is 0.474 e. The molecule has 2 aliphatic carbocycles. The van der Waals surface area contributed by atoms with Gasteiger partial charge < -0.3 is 15.2 Å². The molecule has 2 N–H and O–H groups in total. The van der Waals surface area contributed by atoms with Crippen molar-refractivity contribution in [1.82, 2.24) is 15.0 Å². The summed E-state index contributed by atoms with van der Waals surface area (Å²) in [6, 6.07) is 19.8. The van der Waals surface area contributed by atoms with Crippen LogP contribution in [0, 0.1) is 6.92 Å². The first-order valence-electron chi connectivity index (χ1n) is 16.2. The number of nitrogens with two attached hydrogens (primary N) is 1. The standard InChI is InChI=1S/C38H33Cl2N5O4/c1-22-16-25(20-42-19-22)38(47)45(28-17-31(23-8-12-26(39)13-9-23)36(43-21-28)48-29-4-2-5-29)33-18-32(24-10-14-27(40)15-11-24)37(44-34(33)35(41)46)49-30-6-3-7-30/h8-21,29-30H,2-7H2,1H3,(H2,41,46). The lowest BCUT2D eigenvalue weighted by molar-refractivity contribution is 0.0983. The predicted molar refractivity (Wildman–Crippen MR) is 190 cm³/mol. The minimum atomic E-state index is -0.827. The number of rotatable bonds is 10. The van der Waals surface area contributed by atoms with Crippen molar-refractivity contribution in [2.24, 2.45) is 5.73 Å². The van der Waals surface area contributed by atoms with Crippen LogP contribution in [0.2, 0.25) is 10.0 Å². The fourth-order valence-electron chi connectivity index (χ4n) is 5.72. The van der Waals surface area contributed by atoms with Crippen molar-refractivity contribution < 1.29 is 19.1 Å². The van der Waals surface area contributed by atoms with Gasteiger partial charge >= 0.3 is 0 Å². The Morgan fingerprint density at radius 3 is 1.88 bits per heavy atom. The zero-order chi connectivity index (χ0) is 34.1. The quantitative estimate of drug-likeness (QED) is 0.155. The number of benzene rings is 2. The molecule has 3 heterocycles. The van der Waals surface area contributed by atoms with E-state index < -0.39 is 11.8 Å². The first-order valence-corrected chi connectivity index (χ1v) is 17.0. The van der Waals surface area contributed by atoms with Crippen molar-refractivity contribution in [3.05, 3.63) is 112 Å². The number of hydrogen-bond donors (Lipinski definition) is 1. The number of anilines is 2. The van der Waals surface area contributed by atoms with E-state index in [4.69, 9.17) is 48.4 Å². The van der Waals surface area contributed by atoms with E-state index in [1.165, 1.54) is 11.1 Å². The molecule has 7 rings (SSSR count). The molecule has 0 aliphatic heterocycles. The zero-order valence-corrected chi connectivity index (χ0v) is 28.2. The van der Waals surface area contributed by atoms with Crippen LogP contribution in [0.25, 0.3) is 22.3 Å². The fourth-order valence-corrected chi connectivity index (χ4v) is 5.97. The molecule has 0 bridgehead atoms. The van der Waals surface area contributed by atoms with E-state index in [1.807, 2.05) is 37.3 Å². The molecule has 9 nitrogen and oxygen atoms in total. The van der Waals surface area contributed by atoms with E-state index in [9.17, 15) is 9.59 Å². The Labute approximate surface area is 294 Å². The summed E-state index contributed by atoms with van der Waals surface area (Å²) in [4.78, 5) is 43.0. The number of amides is 2. The molecule has 0 atom stereocenters. The molecule has 248 valence electrons. The Kier molecular flexibility index (Phi) is 9.21. The topological polar surface area (TPSA) is 121 Å². The molecular formula is C38H33Cl2N5O4. The average Bonchev–Trinajstić information content (AvgIpc) is 3.05. The Morgan fingerprint density at radius 2 is 1.35 bits per heavy atom. The Balaban J connectivity index is 1.45. The van der Waals surface area contributed by atoms with Gasteiger partial charge in [-0.25, -0.2) is 9.97 Å². The van der Waals surface area contributed by atoms with Crippen LogP contribution in [0.3, 0.4) is 0 Å². The lowest BCUT2D eigenvalue weighted by Crippen LogP contribution is -2.31. The zero-order valence-electron chi connectivity index (χ0n) is 26.7. The highest BCUT2D eigenvalue weighted by Gasteiger charge is 2.31. The summed E-state index contributed by atoms with van der Waals surface area (Å²) in [6.45, 7) is 1.85. The Morgan fingerprint density at radius 1 is 0.776 bits per heavy atom. The molecule has 0 unspecified atom stereocenters. The monoisotopic (exact) mass is 693 g/mol. The molecule has 2 amide bonds. The molecule has 0 radical (unpaired) electrons. The molecule has 2 aliphatic rings. The normalized spacial score (nSPS) is 14.4. The van der Waals surface area contributed by atoms with Crippen molar-refractivity contribution in [3.63, 3.8) is 0 Å². The Hall–Kier alpha value is -4.99. The highest BCUT2D eigenvalue weighted by Crippen LogP contribution is 2.42. The van der Waals surface area contributed by atoms with Gasteiger partial charge in [0.05, 0.1) is 23.1 Å². The van der Waals surface area contributed by atoms with Gasteiger partial charge in [-0.05, 0) is 105 Å². The molecular weight excluding hydrogens is 661 g/mol. The summed E-state index contributed by atoms with van der Waals surface area (Å²) in [6.07, 6.45) is 10.4. The van der Waals surface area contributed by atoms with E-state index in [0.29, 0.717) is 38.3 Å². The van der Waals surface area contributed by atoms with Crippen LogP contribution in [0.15, 0.2) is 85.3 Å². The van der Waals surface area contributed by atoms with Crippen molar-refractivity contribution in [3.8, 4) is 34.0 Å². The second-order valence-corrected chi connectivity index (χ2v) is 13.2. The van der Waals surface area contributed by atoms with Gasteiger partial charge in [-0.3, -0.25) is 19.5 Å². The first kappa shape index (κ1) is 32.6. The van der Waals surface area contributed by atoms with Crippen LogP contribution in [-0.4, -0.2) is 39.0 Å². The van der Waals surface area contributed by atoms with Crippen molar-refractivity contribution >= 4 is 46.4 Å². The number of primary amides is 1. The van der Waals surface area contributed by atoms with Gasteiger partial charge in [0.25, 0.3) is 11.8 Å². The number of aromatic nitrogens is 3. The maximum atomic E-state index is 14.7. The van der Waals surface area contributed by atoms with Gasteiger partial charge in [-0.15, -0.1) is 0 Å². The molecule has 49 heavy (non-hydrogen) atoms. The second-order valence-electron chi connectivity index (χ2n) is 12.4. The second kappa shape index (κ2) is 13.9. The minimum Gasteiger partial charge on any atom is -0.474 e. The first-order chi connectivity index (χ1) is 23.7. The summed E-state index contributed by atoms with van der Waals surface area (Å²) in [5.41, 5.74) is 10.2. The molecule has 11 heteroatoms. The number of aryl methyl sites for hydroxylation is 1. The van der Waals surface area contributed by atoms with Gasteiger partial charge in [-0.2, -0.15) is 0 Å². The Bertz CT molecular complexity index is 2030. The lowest BCUT2D eigenvalue weighted by Gasteiger charge is -2.30. The van der Waals surface area contributed by atoms with Crippen LogP contribution >= 0.6 is 23.2 Å². The van der Waals surface area contributed by atoms with Gasteiger partial charge in [-0.1, -0.05) is 47.5 Å². The highest BCUT2D eigenvalue weighted by molar-refractivity contribution is 6.31. The molecule has 2 saturated carbocycles. The predicted octanol–water partition coefficient (Wildman–Crippen LogP) is 8.76. The number of hydrogen-bond acceptors (Lipinski definition) is 7. The minimum absolute atomic E-state index is 0.0458. The van der Waals surface area contributed by atoms with Crippen molar-refractivity contribution in [2.45, 2.75) is 57.7 Å². The summed E-state index contributed by atoms with van der Waals surface area (Å²) in [5, 5.41) is 1.13. The van der Waals surface area contributed by atoms with Gasteiger partial charge in [0.1, 0.15) is 12.2 Å². The fraction of sp³-hybridized carbons (Fsp3) is 0.237. The van der Waals surface area contributed by atoms with Crippen molar-refractivity contribution in [1.29, 1.82) is 0 Å². The van der Waals surface area contributed by atoms with E-state index in [1.54, 1.807) is 48.8 Å². The average molecular weight is 695 g/mol. The number of halogens is 2. The van der Waals surface area contributed by atoms with Crippen LogP contribution in [0.4, 0.5) is 11.4 Å². The number of carbonyl (C=O) groups is 2. The highest BCUT2D eigenvalue weighted by atomic mass is 35.5. The maximum Gasteiger partial charge on any atom is 0.269 e. The summed E-state index contributed by atoms with van der Waals surface area (Å²) in [5.74, 6) is -0.614. The van der Waals surface area contributed by atoms with Crippen molar-refractivity contribution in [2.75, 3.05) is 4.90 Å². The molecule has 0 spiro atoms. The van der Waals surface area contributed by atoms with Gasteiger partial charge in [0.15, 0.2) is 5.69 Å². The number of ether oxygens (including phenoxy) is 2. The third-order valence-corrected chi connectivity index (χ3v) is 9.34. The molecule has 0 saturated heterocycles. The van der Waals surface area contributed by atoms with Gasteiger partial charge in [0.2, 0.25) is 11.8 Å². The lowest BCUT2D eigenvalue weighted by atomic mass is 9.96. The van der Waals surface area contributed by atoms with Crippen LogP contribution in [0.5, 0.6) is 11.8 Å². The van der Waals surface area contributed by atoms with E-state index in [0.717, 1.165) is 55.2 Å². The van der Waals surface area contributed by atoms with E-state index in [-0.39, 0.29) is 29.5 Å². The van der Waals surface area contributed by atoms with Crippen LogP contribution < -0.4 is 20.1 Å². The smallest absolute Gasteiger partial charge is 0.269 e. The summed E-state index contributed by atoms with van der Waals surface area (Å²) < 4.78 is 12.6. The SMILES string of the molecule is Cc1cncc(C(=O)N(c2cnc(OC3CCC3)c(-c3ccc(Cl)cc3)c2)c2cc(-c3ccc(Cl)cc3)c(OC3CCC3)nc2C(N)=O)c1. The third-order valence-electron chi connectivity index (χ3n) is 8.83. The summed E-state index contributed by atoms with van der Waals surface area (Å²) in [7, 11) is 0. The van der Waals surface area contributed by atoms with Crippen LogP contribution in [0.1, 0.15) is 64.9 Å². The number of pyridine rings is 3. The maximum absolute atomic E-state index is 14.7. The van der Waals surface area contributed by atoms with E-state index in [2.05, 4.69) is 4.98 Å². The van der Waals surface area contributed by atoms with E-state index >= 15 is 0 Å². The molecule has 5 aromatic rings. The number of carbonyl (C=O) groups excluding carboxylic acids is 2. The van der Waals surface area contributed by atoms with Crippen LogP contribution in [-0.2, 0) is 0 Å². The molecule has 2 aromatic carbocycles. The van der Waals surface area contributed by atoms with Gasteiger partial charge in [0, 0.05) is 33.6 Å². The third kappa shape index (κ3) is 6.95.